The molecule has 1 aliphatic heterocycles. The molecule has 4 nitrogen and oxygen atoms in total. The van der Waals surface area contributed by atoms with Gasteiger partial charge < -0.3 is 14.5 Å². The van der Waals surface area contributed by atoms with Crippen LogP contribution in [0.4, 0.5) is 5.69 Å². The molecule has 0 spiro atoms. The molecular weight excluding hydrogens is 384 g/mol. The first-order valence-corrected chi connectivity index (χ1v) is 10.1. The summed E-state index contributed by atoms with van der Waals surface area (Å²) in [4.78, 5) is 17.6. The Bertz CT molecular complexity index is 902. The van der Waals surface area contributed by atoms with Crippen LogP contribution in [-0.4, -0.2) is 45.1 Å². The van der Waals surface area contributed by atoms with Gasteiger partial charge in [-0.1, -0.05) is 23.7 Å². The van der Waals surface area contributed by atoms with E-state index >= 15 is 0 Å². The lowest BCUT2D eigenvalue weighted by Crippen LogP contribution is -2.41. The van der Waals surface area contributed by atoms with Gasteiger partial charge in [-0.15, -0.1) is 12.3 Å². The molecule has 1 amide bonds. The fourth-order valence-electron chi connectivity index (χ4n) is 3.94. The maximum absolute atomic E-state index is 13.7. The zero-order valence-corrected chi connectivity index (χ0v) is 17.9. The maximum atomic E-state index is 13.7. The van der Waals surface area contributed by atoms with Gasteiger partial charge in [0, 0.05) is 36.1 Å². The van der Waals surface area contributed by atoms with Gasteiger partial charge in [0.15, 0.2) is 0 Å². The minimum Gasteiger partial charge on any atom is -0.497 e. The predicted octanol–water partition coefficient (Wildman–Crippen LogP) is 4.22. The molecule has 0 aliphatic carbocycles. The van der Waals surface area contributed by atoms with Crippen molar-refractivity contribution in [1.29, 1.82) is 0 Å². The van der Waals surface area contributed by atoms with Gasteiger partial charge in [-0.2, -0.15) is 0 Å². The molecule has 1 heterocycles. The number of benzene rings is 2. The number of carbonyl (C=O) groups excluding carboxylic acids is 1. The highest BCUT2D eigenvalue weighted by molar-refractivity contribution is 6.30. The van der Waals surface area contributed by atoms with Gasteiger partial charge in [-0.3, -0.25) is 4.79 Å². The summed E-state index contributed by atoms with van der Waals surface area (Å²) in [5.74, 6) is 3.29. The molecule has 0 N–H and O–H groups in total. The molecule has 0 saturated carbocycles. The molecule has 3 rings (SSSR count). The van der Waals surface area contributed by atoms with Crippen LogP contribution in [-0.2, 0) is 11.2 Å². The third kappa shape index (κ3) is 4.75. The summed E-state index contributed by atoms with van der Waals surface area (Å²) in [5, 5.41) is 0.674. The third-order valence-corrected chi connectivity index (χ3v) is 5.73. The van der Waals surface area contributed by atoms with E-state index in [0.29, 0.717) is 24.4 Å². The number of halogens is 1. The van der Waals surface area contributed by atoms with Crippen LogP contribution in [0.2, 0.25) is 5.02 Å². The molecule has 0 aromatic heterocycles. The number of anilines is 1. The van der Waals surface area contributed by atoms with Gasteiger partial charge in [-0.05, 0) is 62.0 Å². The fraction of sp³-hybridized carbons (Fsp3) is 0.375. The number of fused-ring (bicyclic) bond motifs is 1. The number of hydrogen-bond donors (Lipinski definition) is 0. The number of hydrogen-bond acceptors (Lipinski definition) is 3. The number of ether oxygens (including phenoxy) is 1. The van der Waals surface area contributed by atoms with E-state index < -0.39 is 0 Å². The first-order chi connectivity index (χ1) is 13.9. The van der Waals surface area contributed by atoms with Crippen molar-refractivity contribution in [3.63, 3.8) is 0 Å². The van der Waals surface area contributed by atoms with E-state index in [2.05, 4.69) is 10.8 Å². The van der Waals surface area contributed by atoms with Crippen molar-refractivity contribution in [1.82, 2.24) is 4.90 Å². The second-order valence-electron chi connectivity index (χ2n) is 7.66. The molecule has 0 saturated heterocycles. The Morgan fingerprint density at radius 1 is 1.24 bits per heavy atom. The molecule has 1 aliphatic rings. The smallest absolute Gasteiger partial charge is 0.231 e. The number of nitrogens with zero attached hydrogens (tertiary/aromatic N) is 2. The first kappa shape index (κ1) is 21.2. The summed E-state index contributed by atoms with van der Waals surface area (Å²) >= 11 is 6.31. The van der Waals surface area contributed by atoms with Crippen LogP contribution in [0.3, 0.4) is 0 Å². The second-order valence-corrected chi connectivity index (χ2v) is 8.10. The summed E-state index contributed by atoms with van der Waals surface area (Å²) in [6.45, 7) is 1.38. The van der Waals surface area contributed by atoms with Crippen LogP contribution < -0.4 is 9.64 Å². The molecule has 0 radical (unpaired) electrons. The summed E-state index contributed by atoms with van der Waals surface area (Å²) in [5.41, 5.74) is 3.09. The van der Waals surface area contributed by atoms with Crippen molar-refractivity contribution < 1.29 is 9.53 Å². The molecule has 29 heavy (non-hydrogen) atoms. The van der Waals surface area contributed by atoms with Crippen LogP contribution >= 0.6 is 11.6 Å². The topological polar surface area (TPSA) is 32.8 Å². The Hall–Kier alpha value is -2.48. The van der Waals surface area contributed by atoms with Gasteiger partial charge >= 0.3 is 0 Å². The molecule has 2 aromatic rings. The minimum absolute atomic E-state index is 0.0222. The van der Waals surface area contributed by atoms with Crippen molar-refractivity contribution in [2.24, 2.45) is 5.92 Å². The lowest BCUT2D eigenvalue weighted by atomic mass is 9.80. The van der Waals surface area contributed by atoms with Gasteiger partial charge in [-0.25, -0.2) is 0 Å². The average molecular weight is 411 g/mol. The Kier molecular flexibility index (Phi) is 6.84. The number of amides is 1. The fourth-order valence-corrected chi connectivity index (χ4v) is 4.13. The van der Waals surface area contributed by atoms with Gasteiger partial charge in [0.1, 0.15) is 5.75 Å². The first-order valence-electron chi connectivity index (χ1n) is 9.76. The number of terminal acetylenes is 1. The van der Waals surface area contributed by atoms with Crippen LogP contribution in [0.15, 0.2) is 42.5 Å². The molecular formula is C24H27ClN2O2. The van der Waals surface area contributed by atoms with E-state index in [-0.39, 0.29) is 17.7 Å². The van der Waals surface area contributed by atoms with Crippen LogP contribution in [0.25, 0.3) is 0 Å². The standard InChI is InChI=1S/C24H27ClN2O2/c1-5-6-21-22(17-7-10-20(29-4)11-8-17)16-18-15-19(25)9-12-23(18)27(24(21)28)14-13-26(2)3/h1,7-12,15,21-22H,6,13-14,16H2,2-4H3. The van der Waals surface area contributed by atoms with Gasteiger partial charge in [0.2, 0.25) is 5.91 Å². The molecule has 5 heteroatoms. The zero-order chi connectivity index (χ0) is 21.0. The van der Waals surface area contributed by atoms with E-state index in [1.165, 1.54) is 0 Å². The Balaban J connectivity index is 2.07. The third-order valence-electron chi connectivity index (χ3n) is 5.49. The van der Waals surface area contributed by atoms with Crippen LogP contribution in [0, 0.1) is 18.3 Å². The Morgan fingerprint density at radius 3 is 2.59 bits per heavy atom. The monoisotopic (exact) mass is 410 g/mol. The van der Waals surface area contributed by atoms with Crippen molar-refractivity contribution >= 4 is 23.2 Å². The van der Waals surface area contributed by atoms with E-state index in [1.54, 1.807) is 7.11 Å². The molecule has 2 atom stereocenters. The number of methoxy groups -OCH3 is 1. The minimum atomic E-state index is -0.290. The highest BCUT2D eigenvalue weighted by Crippen LogP contribution is 2.40. The van der Waals surface area contributed by atoms with Crippen molar-refractivity contribution in [3.8, 4) is 18.1 Å². The van der Waals surface area contributed by atoms with E-state index in [4.69, 9.17) is 22.8 Å². The van der Waals surface area contributed by atoms with Crippen molar-refractivity contribution in [2.75, 3.05) is 39.2 Å². The highest BCUT2D eigenvalue weighted by atomic mass is 35.5. The predicted molar refractivity (Wildman–Crippen MR) is 119 cm³/mol. The second kappa shape index (κ2) is 9.35. The van der Waals surface area contributed by atoms with Crippen molar-refractivity contribution in [2.45, 2.75) is 18.8 Å². The van der Waals surface area contributed by atoms with Gasteiger partial charge in [0.25, 0.3) is 0 Å². The lowest BCUT2D eigenvalue weighted by Gasteiger charge is -2.28. The van der Waals surface area contributed by atoms with E-state index in [1.807, 2.05) is 61.5 Å². The molecule has 152 valence electrons. The summed E-state index contributed by atoms with van der Waals surface area (Å²) < 4.78 is 5.29. The van der Waals surface area contributed by atoms with Crippen LogP contribution in [0.1, 0.15) is 23.5 Å². The highest BCUT2D eigenvalue weighted by Gasteiger charge is 2.37. The van der Waals surface area contributed by atoms with E-state index in [0.717, 1.165) is 29.1 Å². The Labute approximate surface area is 178 Å². The number of likely N-dealkylation sites (N-methyl/N-ethyl adjacent to an activating group) is 1. The van der Waals surface area contributed by atoms with E-state index in [9.17, 15) is 4.79 Å². The molecule has 0 bridgehead atoms. The van der Waals surface area contributed by atoms with Gasteiger partial charge in [0.05, 0.1) is 13.0 Å². The SMILES string of the molecule is C#CCC1C(=O)N(CCN(C)C)c2ccc(Cl)cc2CC1c1ccc(OC)cc1. The summed E-state index contributed by atoms with van der Waals surface area (Å²) in [6, 6.07) is 13.7. The average Bonchev–Trinajstić information content (AvgIpc) is 2.81. The summed E-state index contributed by atoms with van der Waals surface area (Å²) in [6.07, 6.45) is 6.79. The zero-order valence-electron chi connectivity index (χ0n) is 17.2. The normalized spacial score (nSPS) is 18.9. The molecule has 0 fully saturated rings. The lowest BCUT2D eigenvalue weighted by molar-refractivity contribution is -0.122. The summed E-state index contributed by atoms with van der Waals surface area (Å²) in [7, 11) is 5.65. The number of rotatable bonds is 6. The Morgan fingerprint density at radius 2 is 1.97 bits per heavy atom. The maximum Gasteiger partial charge on any atom is 0.231 e. The number of carbonyl (C=O) groups is 1. The molecule has 2 unspecified atom stereocenters. The van der Waals surface area contributed by atoms with Crippen LogP contribution in [0.5, 0.6) is 5.75 Å². The van der Waals surface area contributed by atoms with Crippen molar-refractivity contribution in [3.05, 3.63) is 58.6 Å². The molecule has 2 aromatic carbocycles. The quantitative estimate of drug-likeness (QED) is 0.668. The largest absolute Gasteiger partial charge is 0.497 e.